The molecule has 0 aliphatic rings. The number of hydrogen-bond acceptors (Lipinski definition) is 3. The Morgan fingerprint density at radius 3 is 2.43 bits per heavy atom. The molecule has 6 heteroatoms. The first-order valence-electron chi connectivity index (χ1n) is 6.46. The van der Waals surface area contributed by atoms with Crippen molar-refractivity contribution in [1.82, 2.24) is 10.6 Å². The second-order valence-corrected chi connectivity index (χ2v) is 4.51. The van der Waals surface area contributed by atoms with Gasteiger partial charge in [0.15, 0.2) is 0 Å². The maximum atomic E-state index is 11.7. The van der Waals surface area contributed by atoms with Gasteiger partial charge in [0.05, 0.1) is 18.9 Å². The zero-order valence-electron chi connectivity index (χ0n) is 11.3. The van der Waals surface area contributed by atoms with E-state index in [1.54, 1.807) is 30.5 Å². The number of carbonyl (C=O) groups is 2. The second-order valence-electron chi connectivity index (χ2n) is 4.51. The molecule has 1 aromatic heterocycles. The number of furan rings is 1. The number of aliphatic carboxylic acids is 1. The molecule has 0 atom stereocenters. The summed E-state index contributed by atoms with van der Waals surface area (Å²) in [5.41, 5.74) is 2.36. The minimum Gasteiger partial charge on any atom is -0.481 e. The largest absolute Gasteiger partial charge is 0.481 e. The molecule has 0 spiro atoms. The van der Waals surface area contributed by atoms with Crippen LogP contribution in [0.4, 0.5) is 4.79 Å². The van der Waals surface area contributed by atoms with Crippen LogP contribution in [-0.2, 0) is 24.3 Å². The summed E-state index contributed by atoms with van der Waals surface area (Å²) in [5, 5.41) is 14.2. The summed E-state index contributed by atoms with van der Waals surface area (Å²) in [4.78, 5) is 22.5. The first-order valence-corrected chi connectivity index (χ1v) is 6.46. The fourth-order valence-electron chi connectivity index (χ4n) is 1.88. The van der Waals surface area contributed by atoms with E-state index in [-0.39, 0.29) is 19.0 Å². The van der Waals surface area contributed by atoms with Crippen LogP contribution < -0.4 is 10.6 Å². The molecule has 0 radical (unpaired) electrons. The van der Waals surface area contributed by atoms with Crippen LogP contribution in [0, 0.1) is 0 Å². The lowest BCUT2D eigenvalue weighted by molar-refractivity contribution is -0.136. The van der Waals surface area contributed by atoms with Gasteiger partial charge in [-0.1, -0.05) is 24.3 Å². The van der Waals surface area contributed by atoms with Gasteiger partial charge in [0.25, 0.3) is 0 Å². The molecule has 0 bridgehead atoms. The molecule has 110 valence electrons. The molecular formula is C15H16N2O4. The first kappa shape index (κ1) is 14.6. The van der Waals surface area contributed by atoms with Crippen LogP contribution >= 0.6 is 0 Å². The summed E-state index contributed by atoms with van der Waals surface area (Å²) in [6, 6.07) is 8.58. The number of hydrogen-bond donors (Lipinski definition) is 3. The Morgan fingerprint density at radius 1 is 1.05 bits per heavy atom. The number of nitrogens with one attached hydrogen (secondary N) is 2. The van der Waals surface area contributed by atoms with E-state index in [9.17, 15) is 9.59 Å². The molecule has 1 heterocycles. The SMILES string of the molecule is O=C(O)Cc1ccccc1CNC(=O)NCc1ccoc1. The third-order valence-electron chi connectivity index (χ3n) is 2.93. The Kier molecular flexibility index (Phi) is 4.98. The zero-order chi connectivity index (χ0) is 15.1. The van der Waals surface area contributed by atoms with Crippen LogP contribution in [0.2, 0.25) is 0 Å². The van der Waals surface area contributed by atoms with E-state index in [0.717, 1.165) is 11.1 Å². The third-order valence-corrected chi connectivity index (χ3v) is 2.93. The van der Waals surface area contributed by atoms with Crippen molar-refractivity contribution in [3.8, 4) is 0 Å². The molecule has 6 nitrogen and oxygen atoms in total. The van der Waals surface area contributed by atoms with Crippen molar-refractivity contribution in [2.45, 2.75) is 19.5 Å². The van der Waals surface area contributed by atoms with Crippen molar-refractivity contribution in [3.05, 3.63) is 59.5 Å². The molecule has 0 fully saturated rings. The summed E-state index contributed by atoms with van der Waals surface area (Å²) in [6.45, 7) is 0.653. The highest BCUT2D eigenvalue weighted by molar-refractivity contribution is 5.74. The second kappa shape index (κ2) is 7.14. The van der Waals surface area contributed by atoms with Gasteiger partial charge in [-0.2, -0.15) is 0 Å². The predicted molar refractivity (Wildman–Crippen MR) is 75.6 cm³/mol. The Balaban J connectivity index is 1.84. The molecule has 1 aromatic carbocycles. The topological polar surface area (TPSA) is 91.6 Å². The number of amides is 2. The van der Waals surface area contributed by atoms with Gasteiger partial charge >= 0.3 is 12.0 Å². The van der Waals surface area contributed by atoms with E-state index < -0.39 is 5.97 Å². The van der Waals surface area contributed by atoms with E-state index in [0.29, 0.717) is 12.1 Å². The molecule has 2 rings (SSSR count). The molecular weight excluding hydrogens is 272 g/mol. The van der Waals surface area contributed by atoms with E-state index in [2.05, 4.69) is 10.6 Å². The average Bonchev–Trinajstić information content (AvgIpc) is 2.97. The number of carbonyl (C=O) groups excluding carboxylic acids is 1. The van der Waals surface area contributed by atoms with Crippen molar-refractivity contribution in [1.29, 1.82) is 0 Å². The Bertz CT molecular complexity index is 608. The van der Waals surface area contributed by atoms with Gasteiger partial charge in [0.2, 0.25) is 0 Å². The highest BCUT2D eigenvalue weighted by atomic mass is 16.4. The van der Waals surface area contributed by atoms with Crippen molar-refractivity contribution < 1.29 is 19.1 Å². The highest BCUT2D eigenvalue weighted by Gasteiger charge is 2.07. The van der Waals surface area contributed by atoms with Crippen molar-refractivity contribution in [3.63, 3.8) is 0 Å². The Morgan fingerprint density at radius 2 is 1.76 bits per heavy atom. The third kappa shape index (κ3) is 4.68. The standard InChI is InChI=1S/C15H16N2O4/c18-14(19)7-12-3-1-2-4-13(12)9-17-15(20)16-8-11-5-6-21-10-11/h1-6,10H,7-9H2,(H,18,19)(H2,16,17,20). The lowest BCUT2D eigenvalue weighted by Gasteiger charge is -2.10. The van der Waals surface area contributed by atoms with Crippen LogP contribution in [0.3, 0.4) is 0 Å². The fraction of sp³-hybridized carbons (Fsp3) is 0.200. The van der Waals surface area contributed by atoms with E-state index in [4.69, 9.17) is 9.52 Å². The lowest BCUT2D eigenvalue weighted by atomic mass is 10.0. The predicted octanol–water partition coefficient (Wildman–Crippen LogP) is 1.91. The van der Waals surface area contributed by atoms with Gasteiger partial charge in [-0.3, -0.25) is 4.79 Å². The summed E-state index contributed by atoms with van der Waals surface area (Å²) < 4.78 is 4.90. The van der Waals surface area contributed by atoms with E-state index in [1.807, 2.05) is 6.07 Å². The molecule has 0 unspecified atom stereocenters. The summed E-state index contributed by atoms with van der Waals surface area (Å²) in [6.07, 6.45) is 3.04. The van der Waals surface area contributed by atoms with Crippen LogP contribution in [0.25, 0.3) is 0 Å². The summed E-state index contributed by atoms with van der Waals surface area (Å²) >= 11 is 0. The average molecular weight is 288 g/mol. The van der Waals surface area contributed by atoms with Crippen LogP contribution in [0.15, 0.2) is 47.3 Å². The smallest absolute Gasteiger partial charge is 0.315 e. The van der Waals surface area contributed by atoms with Gasteiger partial charge in [-0.25, -0.2) is 4.79 Å². The number of carboxylic acid groups (broad SMARTS) is 1. The number of benzene rings is 1. The van der Waals surface area contributed by atoms with E-state index in [1.165, 1.54) is 6.26 Å². The maximum Gasteiger partial charge on any atom is 0.315 e. The quantitative estimate of drug-likeness (QED) is 0.757. The van der Waals surface area contributed by atoms with Crippen molar-refractivity contribution in [2.24, 2.45) is 0 Å². The molecule has 0 saturated carbocycles. The monoisotopic (exact) mass is 288 g/mol. The molecule has 0 aliphatic carbocycles. The number of rotatable bonds is 6. The summed E-state index contributed by atoms with van der Waals surface area (Å²) in [5.74, 6) is -0.896. The Labute approximate surface area is 121 Å². The Hall–Kier alpha value is -2.76. The molecule has 2 amide bonds. The van der Waals surface area contributed by atoms with E-state index >= 15 is 0 Å². The fourth-order valence-corrected chi connectivity index (χ4v) is 1.88. The maximum absolute atomic E-state index is 11.7. The van der Waals surface area contributed by atoms with Crippen LogP contribution in [0.5, 0.6) is 0 Å². The van der Waals surface area contributed by atoms with Crippen LogP contribution in [0.1, 0.15) is 16.7 Å². The normalized spacial score (nSPS) is 10.1. The van der Waals surface area contributed by atoms with Gasteiger partial charge in [0, 0.05) is 18.7 Å². The highest BCUT2D eigenvalue weighted by Crippen LogP contribution is 2.09. The minimum absolute atomic E-state index is 0.0610. The zero-order valence-corrected chi connectivity index (χ0v) is 11.3. The lowest BCUT2D eigenvalue weighted by Crippen LogP contribution is -2.34. The number of carboxylic acids is 1. The minimum atomic E-state index is -0.896. The molecule has 3 N–H and O–H groups in total. The van der Waals surface area contributed by atoms with Crippen molar-refractivity contribution >= 4 is 12.0 Å². The molecule has 21 heavy (non-hydrogen) atoms. The molecule has 0 saturated heterocycles. The van der Waals surface area contributed by atoms with Gasteiger partial charge in [-0.15, -0.1) is 0 Å². The van der Waals surface area contributed by atoms with Crippen LogP contribution in [-0.4, -0.2) is 17.1 Å². The first-order chi connectivity index (χ1) is 10.1. The van der Waals surface area contributed by atoms with Gasteiger partial charge in [-0.05, 0) is 17.2 Å². The molecule has 2 aromatic rings. The van der Waals surface area contributed by atoms with Gasteiger partial charge < -0.3 is 20.2 Å². The molecule has 0 aliphatic heterocycles. The summed E-state index contributed by atoms with van der Waals surface area (Å²) in [7, 11) is 0. The van der Waals surface area contributed by atoms with Crippen molar-refractivity contribution in [2.75, 3.05) is 0 Å². The van der Waals surface area contributed by atoms with Gasteiger partial charge in [0.1, 0.15) is 0 Å². The number of urea groups is 1.